The lowest BCUT2D eigenvalue weighted by molar-refractivity contribution is 0.221. The van der Waals surface area contributed by atoms with Gasteiger partial charge in [0, 0.05) is 30.3 Å². The molecule has 1 unspecified atom stereocenters. The first-order valence-electron chi connectivity index (χ1n) is 10.3. The van der Waals surface area contributed by atoms with E-state index in [9.17, 15) is 0 Å². The SMILES string of the molecule is c1cc(CN2CCCCC2)cc(-c2noc(-c3cc(C4CCNC4)[nH]n3)n2)c1. The number of rotatable bonds is 5. The number of aromatic amines is 1. The minimum atomic E-state index is 0.463. The van der Waals surface area contributed by atoms with Crippen molar-refractivity contribution in [3.05, 3.63) is 41.6 Å². The first kappa shape index (κ1) is 17.6. The second-order valence-electron chi connectivity index (χ2n) is 7.86. The van der Waals surface area contributed by atoms with E-state index >= 15 is 0 Å². The van der Waals surface area contributed by atoms with Gasteiger partial charge in [-0.15, -0.1) is 0 Å². The molecule has 28 heavy (non-hydrogen) atoms. The maximum absolute atomic E-state index is 5.50. The van der Waals surface area contributed by atoms with Crippen molar-refractivity contribution in [3.63, 3.8) is 0 Å². The minimum absolute atomic E-state index is 0.463. The van der Waals surface area contributed by atoms with E-state index in [0.717, 1.165) is 37.3 Å². The number of hydrogen-bond acceptors (Lipinski definition) is 6. The van der Waals surface area contributed by atoms with E-state index in [4.69, 9.17) is 4.52 Å². The van der Waals surface area contributed by atoms with Crippen molar-refractivity contribution >= 4 is 0 Å². The Kier molecular flexibility index (Phi) is 4.93. The lowest BCUT2D eigenvalue weighted by atomic mass is 10.1. The number of benzene rings is 1. The fourth-order valence-corrected chi connectivity index (χ4v) is 4.20. The fourth-order valence-electron chi connectivity index (χ4n) is 4.20. The Labute approximate surface area is 164 Å². The standard InChI is InChI=1S/C21H26N6O/c1-2-9-27(10-3-1)14-15-5-4-6-16(11-15)20-23-21(28-26-20)19-12-18(24-25-19)17-7-8-22-13-17/h4-6,11-12,17,22H,1-3,7-10,13-14H2,(H,24,25). The molecule has 0 saturated carbocycles. The maximum Gasteiger partial charge on any atom is 0.278 e. The van der Waals surface area contributed by atoms with Crippen molar-refractivity contribution in [2.75, 3.05) is 26.2 Å². The third-order valence-electron chi connectivity index (χ3n) is 5.78. The molecule has 1 aromatic carbocycles. The van der Waals surface area contributed by atoms with Gasteiger partial charge in [0.1, 0.15) is 0 Å². The summed E-state index contributed by atoms with van der Waals surface area (Å²) in [7, 11) is 0. The molecule has 2 aromatic heterocycles. The van der Waals surface area contributed by atoms with Gasteiger partial charge >= 0.3 is 0 Å². The average Bonchev–Trinajstić information content (AvgIpc) is 3.49. The van der Waals surface area contributed by atoms with Gasteiger partial charge in [0.2, 0.25) is 5.82 Å². The van der Waals surface area contributed by atoms with Crippen molar-refractivity contribution in [1.29, 1.82) is 0 Å². The molecule has 4 heterocycles. The van der Waals surface area contributed by atoms with Crippen molar-refractivity contribution in [2.24, 2.45) is 0 Å². The van der Waals surface area contributed by atoms with Crippen molar-refractivity contribution in [1.82, 2.24) is 30.6 Å². The van der Waals surface area contributed by atoms with Gasteiger partial charge in [-0.3, -0.25) is 10.00 Å². The summed E-state index contributed by atoms with van der Waals surface area (Å²) in [5.41, 5.74) is 4.12. The van der Waals surface area contributed by atoms with Crippen molar-refractivity contribution in [2.45, 2.75) is 38.1 Å². The molecule has 5 rings (SSSR count). The molecule has 0 aliphatic carbocycles. The molecule has 3 aromatic rings. The molecule has 2 aliphatic heterocycles. The number of hydrogen-bond donors (Lipinski definition) is 2. The van der Waals surface area contributed by atoms with Crippen LogP contribution in [-0.4, -0.2) is 51.4 Å². The quantitative estimate of drug-likeness (QED) is 0.709. The topological polar surface area (TPSA) is 82.9 Å². The number of nitrogens with zero attached hydrogens (tertiary/aromatic N) is 4. The Bertz CT molecular complexity index is 920. The Morgan fingerprint density at radius 1 is 1.14 bits per heavy atom. The zero-order valence-corrected chi connectivity index (χ0v) is 16.0. The van der Waals surface area contributed by atoms with Gasteiger partial charge in [-0.2, -0.15) is 10.1 Å². The number of nitrogens with one attached hydrogen (secondary N) is 2. The lowest BCUT2D eigenvalue weighted by Crippen LogP contribution is -2.29. The molecule has 0 spiro atoms. The van der Waals surface area contributed by atoms with E-state index in [0.29, 0.717) is 23.3 Å². The van der Waals surface area contributed by atoms with Crippen LogP contribution in [0.25, 0.3) is 23.0 Å². The van der Waals surface area contributed by atoms with Crippen LogP contribution >= 0.6 is 0 Å². The molecular weight excluding hydrogens is 352 g/mol. The third kappa shape index (κ3) is 3.72. The number of H-pyrrole nitrogens is 1. The minimum Gasteiger partial charge on any atom is -0.332 e. The van der Waals surface area contributed by atoms with Gasteiger partial charge in [-0.25, -0.2) is 0 Å². The Morgan fingerprint density at radius 2 is 2.07 bits per heavy atom. The normalized spacial score (nSPS) is 20.6. The Hall–Kier alpha value is -2.51. The summed E-state index contributed by atoms with van der Waals surface area (Å²) in [6, 6.07) is 10.5. The first-order chi connectivity index (χ1) is 13.8. The van der Waals surface area contributed by atoms with Crippen molar-refractivity contribution < 1.29 is 4.52 Å². The molecule has 2 N–H and O–H groups in total. The van der Waals surface area contributed by atoms with E-state index in [1.165, 1.54) is 37.9 Å². The van der Waals surface area contributed by atoms with Gasteiger partial charge in [-0.1, -0.05) is 29.8 Å². The second kappa shape index (κ2) is 7.85. The highest BCUT2D eigenvalue weighted by Crippen LogP contribution is 2.26. The van der Waals surface area contributed by atoms with Gasteiger partial charge in [0.25, 0.3) is 5.89 Å². The molecule has 2 aliphatic rings. The van der Waals surface area contributed by atoms with Gasteiger partial charge in [-0.05, 0) is 56.6 Å². The van der Waals surface area contributed by atoms with E-state index in [-0.39, 0.29) is 0 Å². The van der Waals surface area contributed by atoms with Crippen LogP contribution in [0.15, 0.2) is 34.9 Å². The molecule has 146 valence electrons. The van der Waals surface area contributed by atoms with E-state index in [1.807, 2.05) is 12.1 Å². The van der Waals surface area contributed by atoms with Gasteiger partial charge in [0.15, 0.2) is 5.69 Å². The highest BCUT2D eigenvalue weighted by atomic mass is 16.5. The average molecular weight is 378 g/mol. The van der Waals surface area contributed by atoms with E-state index in [1.54, 1.807) is 0 Å². The summed E-state index contributed by atoms with van der Waals surface area (Å²) in [4.78, 5) is 7.11. The van der Waals surface area contributed by atoms with E-state index < -0.39 is 0 Å². The summed E-state index contributed by atoms with van der Waals surface area (Å²) >= 11 is 0. The largest absolute Gasteiger partial charge is 0.332 e. The first-order valence-corrected chi connectivity index (χ1v) is 10.3. The zero-order chi connectivity index (χ0) is 18.8. The molecule has 1 atom stereocenters. The van der Waals surface area contributed by atoms with Crippen LogP contribution in [0.1, 0.15) is 42.9 Å². The fraction of sp³-hybridized carbons (Fsp3) is 0.476. The molecule has 7 nitrogen and oxygen atoms in total. The molecule has 2 saturated heterocycles. The summed E-state index contributed by atoms with van der Waals surface area (Å²) < 4.78 is 5.50. The van der Waals surface area contributed by atoms with Crippen molar-refractivity contribution in [3.8, 4) is 23.0 Å². The maximum atomic E-state index is 5.50. The predicted molar refractivity (Wildman–Crippen MR) is 107 cm³/mol. The second-order valence-corrected chi connectivity index (χ2v) is 7.86. The highest BCUT2D eigenvalue weighted by molar-refractivity contribution is 5.58. The summed E-state index contributed by atoms with van der Waals surface area (Å²) in [5.74, 6) is 1.56. The molecule has 0 radical (unpaired) electrons. The Morgan fingerprint density at radius 3 is 2.93 bits per heavy atom. The molecule has 7 heteroatoms. The Balaban J connectivity index is 1.32. The summed E-state index contributed by atoms with van der Waals surface area (Å²) in [6.07, 6.45) is 5.09. The summed E-state index contributed by atoms with van der Waals surface area (Å²) in [6.45, 7) is 5.40. The number of aromatic nitrogens is 4. The third-order valence-corrected chi connectivity index (χ3v) is 5.78. The monoisotopic (exact) mass is 378 g/mol. The van der Waals surface area contributed by atoms with Crippen LogP contribution in [0.4, 0.5) is 0 Å². The van der Waals surface area contributed by atoms with Crippen LogP contribution in [-0.2, 0) is 6.54 Å². The smallest absolute Gasteiger partial charge is 0.278 e. The van der Waals surface area contributed by atoms with Gasteiger partial charge in [0.05, 0.1) is 0 Å². The zero-order valence-electron chi connectivity index (χ0n) is 16.0. The van der Waals surface area contributed by atoms with Crippen LogP contribution in [0.2, 0.25) is 0 Å². The number of likely N-dealkylation sites (tertiary alicyclic amines) is 1. The molecule has 0 bridgehead atoms. The van der Waals surface area contributed by atoms with E-state index in [2.05, 4.69) is 48.8 Å². The highest BCUT2D eigenvalue weighted by Gasteiger charge is 2.21. The van der Waals surface area contributed by atoms with Crippen LogP contribution in [0.3, 0.4) is 0 Å². The lowest BCUT2D eigenvalue weighted by Gasteiger charge is -2.26. The number of piperidine rings is 1. The summed E-state index contributed by atoms with van der Waals surface area (Å²) in [5, 5.41) is 15.1. The van der Waals surface area contributed by atoms with Crippen LogP contribution < -0.4 is 5.32 Å². The van der Waals surface area contributed by atoms with Gasteiger partial charge < -0.3 is 9.84 Å². The molecular formula is C21H26N6O. The van der Waals surface area contributed by atoms with Crippen LogP contribution in [0, 0.1) is 0 Å². The predicted octanol–water partition coefficient (Wildman–Crippen LogP) is 3.19. The van der Waals surface area contributed by atoms with Crippen LogP contribution in [0.5, 0.6) is 0 Å². The molecule has 0 amide bonds. The molecule has 2 fully saturated rings.